The Bertz CT molecular complexity index is 1480. The summed E-state index contributed by atoms with van der Waals surface area (Å²) >= 11 is 5.69. The molecule has 0 spiro atoms. The number of nitrogens with zero attached hydrogens (tertiary/aromatic N) is 1. The number of carbonyl (C=O) groups excluding carboxylic acids is 2. The van der Waals surface area contributed by atoms with Gasteiger partial charge in [0.05, 0.1) is 0 Å². The third-order valence-electron chi connectivity index (χ3n) is 5.58. The van der Waals surface area contributed by atoms with E-state index in [1.165, 1.54) is 13.2 Å². The maximum atomic E-state index is 13.1. The van der Waals surface area contributed by atoms with Gasteiger partial charge < -0.3 is 0 Å². The van der Waals surface area contributed by atoms with Crippen LogP contribution in [-0.2, 0) is 15.7 Å². The average Bonchev–Trinajstić information content (AvgIpc) is 3.22. The summed E-state index contributed by atoms with van der Waals surface area (Å²) in [6.45, 7) is 3.81. The molecule has 2 heterocycles. The summed E-state index contributed by atoms with van der Waals surface area (Å²) in [5, 5.41) is 0.671. The molecule has 2 aromatic heterocycles. The second kappa shape index (κ2) is 11.2. The van der Waals surface area contributed by atoms with Crippen LogP contribution in [-0.4, -0.2) is 49.5 Å². The van der Waals surface area contributed by atoms with E-state index < -0.39 is 33.5 Å². The first-order valence-corrected chi connectivity index (χ1v) is 14.1. The molecule has 0 fully saturated rings. The van der Waals surface area contributed by atoms with E-state index in [-0.39, 0.29) is 26.6 Å². The van der Waals surface area contributed by atoms with Gasteiger partial charge in [-0.3, -0.25) is 0 Å². The van der Waals surface area contributed by atoms with Crippen molar-refractivity contribution in [3.8, 4) is 28.1 Å². The normalized spacial score (nSPS) is 12.0. The molecule has 1 radical (unpaired) electrons. The Kier molecular flexibility index (Phi) is 8.18. The Morgan fingerprint density at radius 2 is 1.79 bits per heavy atom. The first-order chi connectivity index (χ1) is 18.0. The summed E-state index contributed by atoms with van der Waals surface area (Å²) in [6, 6.07) is 12.9. The van der Waals surface area contributed by atoms with Crippen LogP contribution in [0.2, 0.25) is 10.2 Å². The van der Waals surface area contributed by atoms with Crippen molar-refractivity contribution in [2.24, 2.45) is 0 Å². The summed E-state index contributed by atoms with van der Waals surface area (Å²) in [6.07, 6.45) is -3.76. The van der Waals surface area contributed by atoms with E-state index in [2.05, 4.69) is 14.7 Å². The fourth-order valence-electron chi connectivity index (χ4n) is 3.88. The number of pyridine rings is 1. The Morgan fingerprint density at radius 1 is 1.08 bits per heavy atom. The number of ether oxygens (including phenoxy) is 2. The van der Waals surface area contributed by atoms with Gasteiger partial charge in [-0.05, 0) is 0 Å². The van der Waals surface area contributed by atoms with E-state index >= 15 is 0 Å². The SMILES string of the molecule is COC(=O)C[As]C(=O)c1[nH]c2ccc(-c3ccc(C(F)(F)F)cn3)c(-c3ccc(OC(C)C)cc3)c2c1Cl. The second-order valence-corrected chi connectivity index (χ2v) is 11.1. The molecule has 11 heteroatoms. The van der Waals surface area contributed by atoms with E-state index in [0.29, 0.717) is 39.0 Å². The monoisotopic (exact) mass is 605 g/mol. The molecular weight excluding hydrogens is 584 g/mol. The van der Waals surface area contributed by atoms with Crippen LogP contribution in [0.25, 0.3) is 33.3 Å². The number of aromatic amines is 1. The molecule has 1 N–H and O–H groups in total. The Labute approximate surface area is 228 Å². The van der Waals surface area contributed by atoms with Gasteiger partial charge in [0.15, 0.2) is 0 Å². The van der Waals surface area contributed by atoms with Gasteiger partial charge in [0.2, 0.25) is 0 Å². The molecule has 4 rings (SSSR count). The summed E-state index contributed by atoms with van der Waals surface area (Å²) < 4.78 is 49.5. The summed E-state index contributed by atoms with van der Waals surface area (Å²) in [7, 11) is 1.25. The third-order valence-corrected chi connectivity index (χ3v) is 7.90. The Hall–Kier alpha value is -3.29. The number of H-pyrrole nitrogens is 1. The van der Waals surface area contributed by atoms with Crippen molar-refractivity contribution in [1.29, 1.82) is 0 Å². The van der Waals surface area contributed by atoms with Crippen LogP contribution in [0.5, 0.6) is 5.75 Å². The van der Waals surface area contributed by atoms with E-state index in [4.69, 9.17) is 16.3 Å². The van der Waals surface area contributed by atoms with Crippen molar-refractivity contribution in [1.82, 2.24) is 9.97 Å². The van der Waals surface area contributed by atoms with Crippen molar-refractivity contribution >= 4 is 48.8 Å². The van der Waals surface area contributed by atoms with Crippen LogP contribution in [0.4, 0.5) is 13.2 Å². The number of halogens is 4. The van der Waals surface area contributed by atoms with Gasteiger partial charge >= 0.3 is 229 Å². The topological polar surface area (TPSA) is 81.3 Å². The zero-order valence-corrected chi connectivity index (χ0v) is 23.2. The Morgan fingerprint density at radius 3 is 2.37 bits per heavy atom. The minimum atomic E-state index is -4.52. The number of methoxy groups -OCH3 is 1. The number of alkyl halides is 3. The van der Waals surface area contributed by atoms with Gasteiger partial charge in [-0.25, -0.2) is 0 Å². The van der Waals surface area contributed by atoms with E-state index in [0.717, 1.165) is 12.3 Å². The second-order valence-electron chi connectivity index (χ2n) is 8.54. The molecule has 4 aromatic rings. The molecule has 38 heavy (non-hydrogen) atoms. The molecule has 2 aromatic carbocycles. The molecule has 0 aliphatic carbocycles. The first kappa shape index (κ1) is 27.7. The summed E-state index contributed by atoms with van der Waals surface area (Å²) in [5.74, 6) is 0.165. The van der Waals surface area contributed by atoms with Crippen LogP contribution in [0.1, 0.15) is 29.9 Å². The molecular formula is C27H22AsClF3N2O4. The van der Waals surface area contributed by atoms with Gasteiger partial charge in [0.25, 0.3) is 0 Å². The zero-order chi connectivity index (χ0) is 27.6. The van der Waals surface area contributed by atoms with Crippen LogP contribution in [0.15, 0.2) is 54.7 Å². The molecule has 0 atom stereocenters. The van der Waals surface area contributed by atoms with Crippen molar-refractivity contribution in [3.05, 3.63) is 71.0 Å². The number of nitrogens with one attached hydrogen (secondary N) is 1. The quantitative estimate of drug-likeness (QED) is 0.177. The number of carbonyl (C=O) groups is 2. The first-order valence-electron chi connectivity index (χ1n) is 11.4. The van der Waals surface area contributed by atoms with Crippen LogP contribution in [0, 0.1) is 0 Å². The van der Waals surface area contributed by atoms with Crippen molar-refractivity contribution < 1.29 is 32.2 Å². The average molecular weight is 606 g/mol. The van der Waals surface area contributed by atoms with Crippen molar-refractivity contribution in [3.63, 3.8) is 0 Å². The summed E-state index contributed by atoms with van der Waals surface area (Å²) in [4.78, 5) is 31.6. The van der Waals surface area contributed by atoms with Gasteiger partial charge in [-0.1, -0.05) is 0 Å². The standard InChI is InChI=1S/C27H22AsClF3N2O4/c1-14(2)38-17-7-4-15(5-8-17)22-18(19-10-6-16(13-33-19)27(30,31)32)9-11-20-23(22)24(29)25(34-20)26(36)28-12-21(35)37-3/h4-11,13-14,34H,12H2,1-3H3. The predicted molar refractivity (Wildman–Crippen MR) is 140 cm³/mol. The van der Waals surface area contributed by atoms with Crippen LogP contribution in [0.3, 0.4) is 0 Å². The van der Waals surface area contributed by atoms with Crippen molar-refractivity contribution in [2.45, 2.75) is 31.3 Å². The molecule has 6 nitrogen and oxygen atoms in total. The van der Waals surface area contributed by atoms with E-state index in [9.17, 15) is 22.8 Å². The number of aromatic nitrogens is 2. The predicted octanol–water partition coefficient (Wildman–Crippen LogP) is 6.79. The summed E-state index contributed by atoms with van der Waals surface area (Å²) in [5.41, 5.74) is 2.00. The van der Waals surface area contributed by atoms with E-state index in [1.54, 1.807) is 24.3 Å². The van der Waals surface area contributed by atoms with Gasteiger partial charge in [0, 0.05) is 0 Å². The molecule has 197 valence electrons. The molecule has 0 saturated heterocycles. The molecule has 0 amide bonds. The van der Waals surface area contributed by atoms with Crippen molar-refractivity contribution in [2.75, 3.05) is 7.11 Å². The van der Waals surface area contributed by atoms with Gasteiger partial charge in [0.1, 0.15) is 0 Å². The van der Waals surface area contributed by atoms with Crippen LogP contribution < -0.4 is 4.74 Å². The van der Waals surface area contributed by atoms with E-state index in [1.807, 2.05) is 26.0 Å². The third kappa shape index (κ3) is 5.89. The molecule has 0 saturated carbocycles. The molecule has 0 aliphatic heterocycles. The molecule has 0 aliphatic rings. The number of fused-ring (bicyclic) bond motifs is 1. The number of hydrogen-bond donors (Lipinski definition) is 1. The fourth-order valence-corrected chi connectivity index (χ4v) is 5.88. The van der Waals surface area contributed by atoms with Crippen LogP contribution >= 0.6 is 11.6 Å². The number of benzene rings is 2. The van der Waals surface area contributed by atoms with Gasteiger partial charge in [-0.2, -0.15) is 0 Å². The zero-order valence-electron chi connectivity index (χ0n) is 20.5. The maximum absolute atomic E-state index is 13.1. The minimum absolute atomic E-state index is 0.0115. The van der Waals surface area contributed by atoms with Gasteiger partial charge in [-0.15, -0.1) is 0 Å². The number of rotatable bonds is 8. The number of esters is 1. The fraction of sp³-hybridized carbons (Fsp3) is 0.222. The molecule has 0 unspecified atom stereocenters. The number of hydrogen-bond acceptors (Lipinski definition) is 5. The Balaban J connectivity index is 1.88. The molecule has 0 bridgehead atoms.